The van der Waals surface area contributed by atoms with Crippen molar-refractivity contribution >= 4 is 23.4 Å². The van der Waals surface area contributed by atoms with E-state index in [4.69, 9.17) is 11.6 Å². The van der Waals surface area contributed by atoms with E-state index in [-0.39, 0.29) is 17.9 Å². The van der Waals surface area contributed by atoms with E-state index in [1.807, 2.05) is 6.92 Å². The minimum atomic E-state index is -0.159. The topological polar surface area (TPSA) is 58.2 Å². The van der Waals surface area contributed by atoms with Gasteiger partial charge >= 0.3 is 0 Å². The Labute approximate surface area is 159 Å². The van der Waals surface area contributed by atoms with Crippen LogP contribution in [0.15, 0.2) is 48.5 Å². The minimum absolute atomic E-state index is 0.00170. The Morgan fingerprint density at radius 3 is 2.31 bits per heavy atom. The van der Waals surface area contributed by atoms with Gasteiger partial charge in [0.25, 0.3) is 5.91 Å². The molecule has 0 fully saturated rings. The Morgan fingerprint density at radius 2 is 1.69 bits per heavy atom. The van der Waals surface area contributed by atoms with Crippen molar-refractivity contribution in [3.8, 4) is 0 Å². The van der Waals surface area contributed by atoms with E-state index in [0.717, 1.165) is 12.0 Å². The number of benzene rings is 2. The van der Waals surface area contributed by atoms with Crippen LogP contribution in [0.3, 0.4) is 0 Å². The van der Waals surface area contributed by atoms with E-state index < -0.39 is 0 Å². The van der Waals surface area contributed by atoms with Crippen LogP contribution in [-0.2, 0) is 4.79 Å². The highest BCUT2D eigenvalue weighted by Gasteiger charge is 2.12. The lowest BCUT2D eigenvalue weighted by Crippen LogP contribution is -2.30. The lowest BCUT2D eigenvalue weighted by atomic mass is 10.0. The van der Waals surface area contributed by atoms with Crippen molar-refractivity contribution in [3.63, 3.8) is 0 Å². The number of hydrogen-bond donors (Lipinski definition) is 2. The summed E-state index contributed by atoms with van der Waals surface area (Å²) >= 11 is 5.81. The summed E-state index contributed by atoms with van der Waals surface area (Å²) in [5.41, 5.74) is 2.87. The van der Waals surface area contributed by atoms with Gasteiger partial charge in [0.05, 0.1) is 6.04 Å². The predicted octanol–water partition coefficient (Wildman–Crippen LogP) is 4.43. The molecule has 4 nitrogen and oxygen atoms in total. The van der Waals surface area contributed by atoms with E-state index in [2.05, 4.69) is 41.8 Å². The van der Waals surface area contributed by atoms with E-state index in [1.54, 1.807) is 24.3 Å². The molecule has 2 N–H and O–H groups in total. The van der Waals surface area contributed by atoms with Gasteiger partial charge in [-0.3, -0.25) is 9.59 Å². The molecule has 0 bridgehead atoms. The number of rotatable bonds is 8. The van der Waals surface area contributed by atoms with E-state index in [1.165, 1.54) is 5.56 Å². The first-order valence-electron chi connectivity index (χ1n) is 8.89. The maximum atomic E-state index is 12.2. The summed E-state index contributed by atoms with van der Waals surface area (Å²) < 4.78 is 0. The van der Waals surface area contributed by atoms with Gasteiger partial charge in [0.15, 0.2) is 0 Å². The van der Waals surface area contributed by atoms with Gasteiger partial charge in [-0.2, -0.15) is 0 Å². The molecule has 2 aromatic carbocycles. The summed E-state index contributed by atoms with van der Waals surface area (Å²) in [6.07, 6.45) is 1.81. The number of hydrogen-bond acceptors (Lipinski definition) is 2. The van der Waals surface area contributed by atoms with Crippen LogP contribution in [0.2, 0.25) is 5.02 Å². The van der Waals surface area contributed by atoms with Crippen LogP contribution in [0.25, 0.3) is 0 Å². The molecule has 2 rings (SSSR count). The fraction of sp³-hybridized carbons (Fsp3) is 0.333. The van der Waals surface area contributed by atoms with Crippen LogP contribution in [0.4, 0.5) is 0 Å². The second-order valence-corrected chi connectivity index (χ2v) is 6.74. The van der Waals surface area contributed by atoms with Gasteiger partial charge in [-0.1, -0.05) is 48.4 Å². The fourth-order valence-corrected chi connectivity index (χ4v) is 2.77. The average molecular weight is 373 g/mol. The molecule has 138 valence electrons. The Kier molecular flexibility index (Phi) is 7.67. The third-order valence-electron chi connectivity index (χ3n) is 4.20. The smallest absolute Gasteiger partial charge is 0.251 e. The molecule has 0 saturated carbocycles. The highest BCUT2D eigenvalue weighted by molar-refractivity contribution is 6.30. The van der Waals surface area contributed by atoms with Gasteiger partial charge in [0.1, 0.15) is 0 Å². The van der Waals surface area contributed by atoms with Crippen molar-refractivity contribution < 1.29 is 9.59 Å². The molecule has 0 aromatic heterocycles. The van der Waals surface area contributed by atoms with Crippen molar-refractivity contribution in [2.75, 3.05) is 6.54 Å². The number of amides is 2. The minimum Gasteiger partial charge on any atom is -0.352 e. The molecular weight excluding hydrogens is 348 g/mol. The molecule has 2 aromatic rings. The van der Waals surface area contributed by atoms with E-state index in [9.17, 15) is 9.59 Å². The van der Waals surface area contributed by atoms with Gasteiger partial charge < -0.3 is 10.6 Å². The number of carbonyl (C=O) groups is 2. The second kappa shape index (κ2) is 9.97. The van der Waals surface area contributed by atoms with Crippen LogP contribution < -0.4 is 10.6 Å². The molecule has 0 aliphatic carbocycles. The normalized spacial score (nSPS) is 11.7. The van der Waals surface area contributed by atoms with E-state index >= 15 is 0 Å². The molecule has 5 heteroatoms. The molecule has 0 aliphatic heterocycles. The second-order valence-electron chi connectivity index (χ2n) is 6.31. The SMILES string of the molecule is CCC(NC(=O)CCCNC(=O)c1ccc(Cl)cc1)c1ccc(C)cc1. The van der Waals surface area contributed by atoms with Gasteiger partial charge in [-0.25, -0.2) is 0 Å². The Bertz CT molecular complexity index is 727. The highest BCUT2D eigenvalue weighted by Crippen LogP contribution is 2.17. The zero-order chi connectivity index (χ0) is 18.9. The zero-order valence-corrected chi connectivity index (χ0v) is 16.0. The zero-order valence-electron chi connectivity index (χ0n) is 15.2. The standard InChI is InChI=1S/C21H25ClN2O2/c1-3-19(16-8-6-15(2)7-9-16)24-20(25)5-4-14-23-21(26)17-10-12-18(22)13-11-17/h6-13,19H,3-5,14H2,1-2H3,(H,23,26)(H,24,25). The molecule has 1 atom stereocenters. The lowest BCUT2D eigenvalue weighted by molar-refractivity contribution is -0.122. The van der Waals surface area contributed by atoms with Crippen LogP contribution in [0.5, 0.6) is 0 Å². The maximum Gasteiger partial charge on any atom is 0.251 e. The molecule has 0 radical (unpaired) electrons. The molecule has 0 saturated heterocycles. The molecule has 0 heterocycles. The molecule has 0 aliphatic rings. The highest BCUT2D eigenvalue weighted by atomic mass is 35.5. The van der Waals surface area contributed by atoms with Gasteiger partial charge in [-0.05, 0) is 49.6 Å². The summed E-state index contributed by atoms with van der Waals surface area (Å²) in [5, 5.41) is 6.47. The van der Waals surface area contributed by atoms with Crippen molar-refractivity contribution in [3.05, 3.63) is 70.2 Å². The first-order valence-corrected chi connectivity index (χ1v) is 9.27. The molecule has 1 unspecified atom stereocenters. The van der Waals surface area contributed by atoms with Crippen molar-refractivity contribution in [1.29, 1.82) is 0 Å². The Balaban J connectivity index is 1.73. The summed E-state index contributed by atoms with van der Waals surface area (Å²) in [7, 11) is 0. The first-order chi connectivity index (χ1) is 12.5. The number of halogens is 1. The summed E-state index contributed by atoms with van der Waals surface area (Å²) in [4.78, 5) is 24.1. The molecule has 0 spiro atoms. The first kappa shape index (κ1) is 20.0. The Morgan fingerprint density at radius 1 is 1.04 bits per heavy atom. The van der Waals surface area contributed by atoms with Crippen molar-refractivity contribution in [2.24, 2.45) is 0 Å². The van der Waals surface area contributed by atoms with Gasteiger partial charge in [0.2, 0.25) is 5.91 Å². The fourth-order valence-electron chi connectivity index (χ4n) is 2.64. The van der Waals surface area contributed by atoms with Gasteiger partial charge in [-0.15, -0.1) is 0 Å². The monoisotopic (exact) mass is 372 g/mol. The van der Waals surface area contributed by atoms with Crippen LogP contribution in [-0.4, -0.2) is 18.4 Å². The maximum absolute atomic E-state index is 12.2. The van der Waals surface area contributed by atoms with Crippen molar-refractivity contribution in [2.45, 2.75) is 39.2 Å². The lowest BCUT2D eigenvalue weighted by Gasteiger charge is -2.17. The van der Waals surface area contributed by atoms with Gasteiger partial charge in [0, 0.05) is 23.6 Å². The summed E-state index contributed by atoms with van der Waals surface area (Å²) in [6.45, 7) is 4.55. The van der Waals surface area contributed by atoms with Crippen molar-refractivity contribution in [1.82, 2.24) is 10.6 Å². The third kappa shape index (κ3) is 6.19. The number of aryl methyl sites for hydroxylation is 1. The number of nitrogens with one attached hydrogen (secondary N) is 2. The summed E-state index contributed by atoms with van der Waals surface area (Å²) in [6, 6.07) is 14.9. The molecule has 2 amide bonds. The van der Waals surface area contributed by atoms with Crippen LogP contribution in [0, 0.1) is 6.92 Å². The van der Waals surface area contributed by atoms with Crippen LogP contribution in [0.1, 0.15) is 53.7 Å². The third-order valence-corrected chi connectivity index (χ3v) is 4.45. The van der Waals surface area contributed by atoms with E-state index in [0.29, 0.717) is 30.0 Å². The Hall–Kier alpha value is -2.33. The molecule has 26 heavy (non-hydrogen) atoms. The predicted molar refractivity (Wildman–Crippen MR) is 105 cm³/mol. The number of carbonyl (C=O) groups excluding carboxylic acids is 2. The average Bonchev–Trinajstić information content (AvgIpc) is 2.64. The largest absolute Gasteiger partial charge is 0.352 e. The van der Waals surface area contributed by atoms with Crippen LogP contribution >= 0.6 is 11.6 Å². The molecular formula is C21H25ClN2O2. The summed E-state index contributed by atoms with van der Waals surface area (Å²) in [5.74, 6) is -0.161. The quantitative estimate of drug-likeness (QED) is 0.673.